The highest BCUT2D eigenvalue weighted by Crippen LogP contribution is 2.25. The largest absolute Gasteiger partial charge is 0.364 e. The molecule has 1 fully saturated rings. The zero-order valence-electron chi connectivity index (χ0n) is 12.0. The van der Waals surface area contributed by atoms with Crippen LogP contribution in [0.1, 0.15) is 12.5 Å². The van der Waals surface area contributed by atoms with E-state index in [1.165, 1.54) is 11.3 Å². The van der Waals surface area contributed by atoms with Crippen molar-refractivity contribution in [1.29, 1.82) is 0 Å². The number of anilines is 1. The van der Waals surface area contributed by atoms with E-state index in [0.717, 1.165) is 19.6 Å². The average molecular weight is 247 g/mol. The van der Waals surface area contributed by atoms with Gasteiger partial charge in [-0.15, -0.1) is 0 Å². The number of hydrogen-bond acceptors (Lipinski definition) is 3. The zero-order valence-corrected chi connectivity index (χ0v) is 12.0. The van der Waals surface area contributed by atoms with E-state index in [9.17, 15) is 0 Å². The Kier molecular flexibility index (Phi) is 4.25. The molecule has 2 rings (SSSR count). The summed E-state index contributed by atoms with van der Waals surface area (Å²) in [6.45, 7) is 7.77. The summed E-state index contributed by atoms with van der Waals surface area (Å²) in [5.74, 6) is 0. The summed E-state index contributed by atoms with van der Waals surface area (Å²) in [5.41, 5.74) is 2.76. The molecule has 0 spiro atoms. The number of piperazine rings is 1. The molecule has 0 bridgehead atoms. The Morgan fingerprint density at radius 3 is 2.67 bits per heavy atom. The minimum atomic E-state index is 0.553. The third-order valence-corrected chi connectivity index (χ3v) is 4.02. The molecule has 2 atom stereocenters. The van der Waals surface area contributed by atoms with Gasteiger partial charge in [-0.3, -0.25) is 4.90 Å². The molecule has 1 aromatic carbocycles. The Labute approximate surface area is 111 Å². The van der Waals surface area contributed by atoms with Crippen molar-refractivity contribution in [3.05, 3.63) is 29.8 Å². The highest BCUT2D eigenvalue weighted by atomic mass is 15.3. The summed E-state index contributed by atoms with van der Waals surface area (Å²) >= 11 is 0. The van der Waals surface area contributed by atoms with Gasteiger partial charge in [0, 0.05) is 31.4 Å². The molecule has 0 aliphatic carbocycles. The van der Waals surface area contributed by atoms with Gasteiger partial charge in [-0.2, -0.15) is 0 Å². The molecule has 1 N–H and O–H groups in total. The number of nitrogens with zero attached hydrogens (tertiary/aromatic N) is 2. The Balaban J connectivity index is 2.25. The Hall–Kier alpha value is -1.06. The lowest BCUT2D eigenvalue weighted by atomic mass is 10.0. The highest BCUT2D eigenvalue weighted by Gasteiger charge is 2.29. The van der Waals surface area contributed by atoms with Crippen LogP contribution in [-0.2, 0) is 0 Å². The van der Waals surface area contributed by atoms with Crippen LogP contribution in [0.15, 0.2) is 24.3 Å². The molecule has 18 heavy (non-hydrogen) atoms. The molecule has 0 saturated carbocycles. The lowest BCUT2D eigenvalue weighted by Crippen LogP contribution is -2.59. The fourth-order valence-corrected chi connectivity index (χ4v) is 2.78. The van der Waals surface area contributed by atoms with Gasteiger partial charge in [-0.1, -0.05) is 18.2 Å². The summed E-state index contributed by atoms with van der Waals surface area (Å²) in [6, 6.07) is 9.87. The van der Waals surface area contributed by atoms with E-state index in [0.29, 0.717) is 12.1 Å². The zero-order chi connectivity index (χ0) is 13.1. The molecule has 1 aliphatic heterocycles. The SMILES string of the molecule is CNCC1CN(C)C(C)CN1c1ccccc1C. The van der Waals surface area contributed by atoms with Crippen molar-refractivity contribution in [1.82, 2.24) is 10.2 Å². The van der Waals surface area contributed by atoms with Gasteiger partial charge in [-0.25, -0.2) is 0 Å². The van der Waals surface area contributed by atoms with Crippen LogP contribution in [0.2, 0.25) is 0 Å². The molecule has 3 nitrogen and oxygen atoms in total. The predicted molar refractivity (Wildman–Crippen MR) is 78.3 cm³/mol. The third-order valence-electron chi connectivity index (χ3n) is 4.02. The molecular weight excluding hydrogens is 222 g/mol. The number of hydrogen-bond donors (Lipinski definition) is 1. The maximum absolute atomic E-state index is 3.32. The van der Waals surface area contributed by atoms with Gasteiger partial charge in [0.25, 0.3) is 0 Å². The van der Waals surface area contributed by atoms with Crippen LogP contribution >= 0.6 is 0 Å². The van der Waals surface area contributed by atoms with E-state index in [1.807, 2.05) is 7.05 Å². The molecule has 100 valence electrons. The second-order valence-corrected chi connectivity index (χ2v) is 5.44. The second kappa shape index (κ2) is 5.72. The molecule has 1 aliphatic rings. The van der Waals surface area contributed by atoms with Crippen LogP contribution in [0.25, 0.3) is 0 Å². The molecule has 1 aromatic rings. The van der Waals surface area contributed by atoms with Crippen molar-refractivity contribution < 1.29 is 0 Å². The van der Waals surface area contributed by atoms with E-state index < -0.39 is 0 Å². The number of para-hydroxylation sites is 1. The average Bonchev–Trinajstić information content (AvgIpc) is 2.35. The van der Waals surface area contributed by atoms with Crippen LogP contribution in [0.3, 0.4) is 0 Å². The summed E-state index contributed by atoms with van der Waals surface area (Å²) < 4.78 is 0. The van der Waals surface area contributed by atoms with Crippen LogP contribution in [0.4, 0.5) is 5.69 Å². The summed E-state index contributed by atoms with van der Waals surface area (Å²) in [7, 11) is 4.26. The second-order valence-electron chi connectivity index (χ2n) is 5.44. The van der Waals surface area contributed by atoms with Gasteiger partial charge in [-0.05, 0) is 39.6 Å². The van der Waals surface area contributed by atoms with Crippen molar-refractivity contribution in [3.63, 3.8) is 0 Å². The molecular formula is C15H25N3. The van der Waals surface area contributed by atoms with Gasteiger partial charge in [0.2, 0.25) is 0 Å². The molecule has 1 heterocycles. The fraction of sp³-hybridized carbons (Fsp3) is 0.600. The van der Waals surface area contributed by atoms with Gasteiger partial charge >= 0.3 is 0 Å². The maximum Gasteiger partial charge on any atom is 0.0542 e. The third kappa shape index (κ3) is 2.68. The molecule has 2 unspecified atom stereocenters. The van der Waals surface area contributed by atoms with Gasteiger partial charge in [0.15, 0.2) is 0 Å². The lowest BCUT2D eigenvalue weighted by Gasteiger charge is -2.45. The van der Waals surface area contributed by atoms with Crippen LogP contribution in [0, 0.1) is 6.92 Å². The minimum Gasteiger partial charge on any atom is -0.364 e. The van der Waals surface area contributed by atoms with Crippen molar-refractivity contribution in [2.75, 3.05) is 38.6 Å². The van der Waals surface area contributed by atoms with Crippen molar-refractivity contribution in [3.8, 4) is 0 Å². The quantitative estimate of drug-likeness (QED) is 0.877. The molecule has 0 aromatic heterocycles. The number of likely N-dealkylation sites (N-methyl/N-ethyl adjacent to an activating group) is 2. The Morgan fingerprint density at radius 1 is 1.28 bits per heavy atom. The first kappa shape index (κ1) is 13.4. The van der Waals surface area contributed by atoms with Crippen molar-refractivity contribution in [2.24, 2.45) is 0 Å². The molecule has 0 radical (unpaired) electrons. The lowest BCUT2D eigenvalue weighted by molar-refractivity contribution is 0.198. The van der Waals surface area contributed by atoms with E-state index >= 15 is 0 Å². The first-order chi connectivity index (χ1) is 8.63. The standard InChI is InChI=1S/C15H25N3/c1-12-7-5-6-8-15(12)18-10-13(2)17(4)11-14(18)9-16-3/h5-8,13-14,16H,9-11H2,1-4H3. The Morgan fingerprint density at radius 2 is 2.00 bits per heavy atom. The highest BCUT2D eigenvalue weighted by molar-refractivity contribution is 5.54. The number of aryl methyl sites for hydroxylation is 1. The van der Waals surface area contributed by atoms with E-state index in [1.54, 1.807) is 0 Å². The monoisotopic (exact) mass is 247 g/mol. The van der Waals surface area contributed by atoms with Gasteiger partial charge in [0.1, 0.15) is 0 Å². The van der Waals surface area contributed by atoms with E-state index in [4.69, 9.17) is 0 Å². The summed E-state index contributed by atoms with van der Waals surface area (Å²) in [5, 5.41) is 3.32. The van der Waals surface area contributed by atoms with Crippen molar-refractivity contribution >= 4 is 5.69 Å². The van der Waals surface area contributed by atoms with Gasteiger partial charge < -0.3 is 10.2 Å². The van der Waals surface area contributed by atoms with E-state index in [-0.39, 0.29) is 0 Å². The van der Waals surface area contributed by atoms with Crippen LogP contribution in [-0.4, -0.2) is 50.7 Å². The molecule has 1 saturated heterocycles. The topological polar surface area (TPSA) is 18.5 Å². The maximum atomic E-state index is 3.32. The first-order valence-corrected chi connectivity index (χ1v) is 6.80. The normalized spacial score (nSPS) is 25.4. The number of benzene rings is 1. The van der Waals surface area contributed by atoms with Crippen molar-refractivity contribution in [2.45, 2.75) is 25.9 Å². The predicted octanol–water partition coefficient (Wildman–Crippen LogP) is 1.72. The summed E-state index contributed by atoms with van der Waals surface area (Å²) in [4.78, 5) is 5.02. The minimum absolute atomic E-state index is 0.553. The van der Waals surface area contributed by atoms with Crippen LogP contribution in [0.5, 0.6) is 0 Å². The Bertz CT molecular complexity index is 391. The molecule has 0 amide bonds. The van der Waals surface area contributed by atoms with E-state index in [2.05, 4.69) is 60.3 Å². The first-order valence-electron chi connectivity index (χ1n) is 6.80. The summed E-state index contributed by atoms with van der Waals surface area (Å²) in [6.07, 6.45) is 0. The number of nitrogens with one attached hydrogen (secondary N) is 1. The fourth-order valence-electron chi connectivity index (χ4n) is 2.78. The number of rotatable bonds is 3. The molecule has 3 heteroatoms. The van der Waals surface area contributed by atoms with Crippen LogP contribution < -0.4 is 10.2 Å². The van der Waals surface area contributed by atoms with Gasteiger partial charge in [0.05, 0.1) is 6.04 Å². The smallest absolute Gasteiger partial charge is 0.0542 e.